The molecule has 2 bridgehead atoms. The van der Waals surface area contributed by atoms with E-state index in [1.165, 1.54) is 0 Å². The number of carbonyl (C=O) groups is 2. The SMILES string of the molecule is CCC12C(=O)C(CC)(C(c3ccccc3)=C1c1ccccc1)C1OC(=O)OC12. The largest absolute Gasteiger partial charge is 0.509 e. The molecule has 0 N–H and O–H groups in total. The third-order valence-electron chi connectivity index (χ3n) is 6.89. The number of ketones is 1. The average Bonchev–Trinajstić information content (AvgIpc) is 3.30. The number of fused-ring (bicyclic) bond motifs is 5. The molecule has 4 unspecified atom stereocenters. The highest BCUT2D eigenvalue weighted by molar-refractivity contribution is 6.24. The van der Waals surface area contributed by atoms with Crippen molar-refractivity contribution in [1.29, 1.82) is 0 Å². The van der Waals surface area contributed by atoms with Gasteiger partial charge >= 0.3 is 6.16 Å². The lowest BCUT2D eigenvalue weighted by Crippen LogP contribution is -2.42. The minimum absolute atomic E-state index is 0.130. The maximum absolute atomic E-state index is 14.0. The van der Waals surface area contributed by atoms with E-state index in [1.807, 2.05) is 74.5 Å². The number of ether oxygens (including phenoxy) is 2. The highest BCUT2D eigenvalue weighted by atomic mass is 16.8. The molecule has 2 fully saturated rings. The summed E-state index contributed by atoms with van der Waals surface area (Å²) in [4.78, 5) is 26.2. The Morgan fingerprint density at radius 1 is 0.714 bits per heavy atom. The van der Waals surface area contributed by atoms with Crippen LogP contribution in [0.25, 0.3) is 11.1 Å². The Bertz CT molecular complexity index is 916. The fourth-order valence-corrected chi connectivity index (χ4v) is 5.78. The third kappa shape index (κ3) is 1.81. The average molecular weight is 374 g/mol. The predicted octanol–water partition coefficient (Wildman–Crippen LogP) is 4.89. The molecule has 28 heavy (non-hydrogen) atoms. The second-order valence-corrected chi connectivity index (χ2v) is 7.79. The molecule has 2 aromatic rings. The number of Topliss-reactive ketones (excluding diaryl/α,β-unsaturated/α-hetero) is 1. The molecule has 0 spiro atoms. The van der Waals surface area contributed by atoms with E-state index in [0.717, 1.165) is 22.3 Å². The van der Waals surface area contributed by atoms with Crippen molar-refractivity contribution in [2.45, 2.75) is 38.9 Å². The van der Waals surface area contributed by atoms with E-state index >= 15 is 0 Å². The highest BCUT2D eigenvalue weighted by Crippen LogP contribution is 2.71. The summed E-state index contributed by atoms with van der Waals surface area (Å²) in [6.45, 7) is 4.01. The van der Waals surface area contributed by atoms with E-state index < -0.39 is 29.2 Å². The summed E-state index contributed by atoms with van der Waals surface area (Å²) >= 11 is 0. The Kier molecular flexibility index (Phi) is 3.57. The zero-order chi connectivity index (χ0) is 19.5. The van der Waals surface area contributed by atoms with Crippen molar-refractivity contribution >= 4 is 23.1 Å². The Morgan fingerprint density at radius 2 is 1.11 bits per heavy atom. The van der Waals surface area contributed by atoms with Crippen LogP contribution in [0.15, 0.2) is 60.7 Å². The van der Waals surface area contributed by atoms with Gasteiger partial charge in [-0.1, -0.05) is 74.5 Å². The molecule has 0 aromatic heterocycles. The zero-order valence-corrected chi connectivity index (χ0v) is 16.0. The van der Waals surface area contributed by atoms with Crippen LogP contribution in [-0.4, -0.2) is 24.1 Å². The Balaban J connectivity index is 1.90. The van der Waals surface area contributed by atoms with Gasteiger partial charge in [0.2, 0.25) is 0 Å². The van der Waals surface area contributed by atoms with Crippen molar-refractivity contribution in [2.75, 3.05) is 0 Å². The van der Waals surface area contributed by atoms with E-state index in [0.29, 0.717) is 12.8 Å². The second-order valence-electron chi connectivity index (χ2n) is 7.79. The molecule has 4 atom stereocenters. The minimum Gasteiger partial charge on any atom is -0.426 e. The summed E-state index contributed by atoms with van der Waals surface area (Å²) in [5, 5.41) is 0. The smallest absolute Gasteiger partial charge is 0.426 e. The van der Waals surface area contributed by atoms with Gasteiger partial charge in [0.15, 0.2) is 18.0 Å². The van der Waals surface area contributed by atoms with E-state index in [1.54, 1.807) is 0 Å². The van der Waals surface area contributed by atoms with E-state index in [2.05, 4.69) is 0 Å². The van der Waals surface area contributed by atoms with Gasteiger partial charge in [-0.3, -0.25) is 4.79 Å². The second kappa shape index (κ2) is 5.81. The molecule has 0 radical (unpaired) electrons. The van der Waals surface area contributed by atoms with Crippen LogP contribution < -0.4 is 0 Å². The van der Waals surface area contributed by atoms with Gasteiger partial charge < -0.3 is 9.47 Å². The normalized spacial score (nSPS) is 33.1. The molecule has 2 aliphatic carbocycles. The summed E-state index contributed by atoms with van der Waals surface area (Å²) in [5.41, 5.74) is 2.25. The molecule has 0 amide bonds. The molecule has 1 aliphatic heterocycles. The van der Waals surface area contributed by atoms with Gasteiger partial charge in [-0.15, -0.1) is 0 Å². The van der Waals surface area contributed by atoms with E-state index in [4.69, 9.17) is 9.47 Å². The van der Waals surface area contributed by atoms with Gasteiger partial charge in [-0.25, -0.2) is 4.79 Å². The maximum atomic E-state index is 14.0. The summed E-state index contributed by atoms with van der Waals surface area (Å²) in [6, 6.07) is 20.0. The minimum atomic E-state index is -0.876. The summed E-state index contributed by atoms with van der Waals surface area (Å²) < 4.78 is 11.3. The van der Waals surface area contributed by atoms with E-state index in [-0.39, 0.29) is 5.78 Å². The molecule has 3 aliphatic rings. The first-order valence-corrected chi connectivity index (χ1v) is 9.89. The van der Waals surface area contributed by atoms with Gasteiger partial charge in [0.1, 0.15) is 0 Å². The van der Waals surface area contributed by atoms with Crippen molar-refractivity contribution in [2.24, 2.45) is 10.8 Å². The summed E-state index contributed by atoms with van der Waals surface area (Å²) in [5.74, 6) is 0.130. The maximum Gasteiger partial charge on any atom is 0.509 e. The molecule has 4 heteroatoms. The molecule has 142 valence electrons. The van der Waals surface area contributed by atoms with Gasteiger partial charge in [0, 0.05) is 0 Å². The van der Waals surface area contributed by atoms with Gasteiger partial charge in [0.25, 0.3) is 0 Å². The van der Waals surface area contributed by atoms with Gasteiger partial charge in [-0.2, -0.15) is 0 Å². The molecule has 5 rings (SSSR count). The van der Waals surface area contributed by atoms with Crippen LogP contribution in [0.4, 0.5) is 4.79 Å². The van der Waals surface area contributed by atoms with Crippen LogP contribution in [0.1, 0.15) is 37.8 Å². The molecular weight excluding hydrogens is 352 g/mol. The number of hydrogen-bond acceptors (Lipinski definition) is 4. The molecular formula is C24H22O4. The monoisotopic (exact) mass is 374 g/mol. The first-order valence-electron chi connectivity index (χ1n) is 9.89. The summed E-state index contributed by atoms with van der Waals surface area (Å²) in [6.07, 6.45) is -0.683. The predicted molar refractivity (Wildman–Crippen MR) is 105 cm³/mol. The van der Waals surface area contributed by atoms with Crippen LogP contribution in [0.2, 0.25) is 0 Å². The van der Waals surface area contributed by atoms with Crippen molar-refractivity contribution in [1.82, 2.24) is 0 Å². The fourth-order valence-electron chi connectivity index (χ4n) is 5.78. The Labute approximate surface area is 164 Å². The van der Waals surface area contributed by atoms with Crippen molar-refractivity contribution in [3.8, 4) is 0 Å². The molecule has 1 saturated heterocycles. The third-order valence-corrected chi connectivity index (χ3v) is 6.89. The van der Waals surface area contributed by atoms with Crippen LogP contribution in [0.3, 0.4) is 0 Å². The highest BCUT2D eigenvalue weighted by Gasteiger charge is 2.79. The van der Waals surface area contributed by atoms with Crippen LogP contribution >= 0.6 is 0 Å². The number of benzene rings is 2. The lowest BCUT2D eigenvalue weighted by molar-refractivity contribution is -0.131. The lowest BCUT2D eigenvalue weighted by atomic mass is 9.67. The fraction of sp³-hybridized carbons (Fsp3) is 0.333. The van der Waals surface area contributed by atoms with Crippen molar-refractivity contribution < 1.29 is 19.1 Å². The van der Waals surface area contributed by atoms with Crippen LogP contribution in [-0.2, 0) is 14.3 Å². The van der Waals surface area contributed by atoms with Gasteiger partial charge in [-0.05, 0) is 35.1 Å². The van der Waals surface area contributed by atoms with Crippen LogP contribution in [0, 0.1) is 10.8 Å². The molecule has 4 nitrogen and oxygen atoms in total. The molecule has 1 saturated carbocycles. The quantitative estimate of drug-likeness (QED) is 0.715. The van der Waals surface area contributed by atoms with Crippen molar-refractivity contribution in [3.05, 3.63) is 71.8 Å². The molecule has 2 aromatic carbocycles. The first kappa shape index (κ1) is 17.2. The Morgan fingerprint density at radius 3 is 1.46 bits per heavy atom. The lowest BCUT2D eigenvalue weighted by Gasteiger charge is -2.37. The number of rotatable bonds is 4. The van der Waals surface area contributed by atoms with Crippen molar-refractivity contribution in [3.63, 3.8) is 0 Å². The first-order chi connectivity index (χ1) is 13.6. The topological polar surface area (TPSA) is 52.6 Å². The number of hydrogen-bond donors (Lipinski definition) is 0. The number of carbonyl (C=O) groups excluding carboxylic acids is 2. The molecule has 1 heterocycles. The van der Waals surface area contributed by atoms with Crippen LogP contribution in [0.5, 0.6) is 0 Å². The standard InChI is InChI=1S/C24H22O4/c1-3-23-17(15-11-7-5-8-12-15)18(16-13-9-6-10-14-16)24(4-2,21(23)25)20-19(23)27-22(26)28-20/h5-14,19-20H,3-4H2,1-2H3. The summed E-state index contributed by atoms with van der Waals surface area (Å²) in [7, 11) is 0. The van der Waals surface area contributed by atoms with Gasteiger partial charge in [0.05, 0.1) is 10.8 Å². The Hall–Kier alpha value is -2.88. The zero-order valence-electron chi connectivity index (χ0n) is 16.0. The van der Waals surface area contributed by atoms with E-state index in [9.17, 15) is 9.59 Å².